The Kier molecular flexibility index (Phi) is 3.17. The number of aliphatic hydroxyl groups excluding tert-OH is 1. The molecular formula is C15H13Cl2NO. The van der Waals surface area contributed by atoms with Crippen molar-refractivity contribution in [3.8, 4) is 0 Å². The monoisotopic (exact) mass is 293 g/mol. The molecule has 0 fully saturated rings. The van der Waals surface area contributed by atoms with Gasteiger partial charge in [0.1, 0.15) is 0 Å². The second-order valence-corrected chi connectivity index (χ2v) is 5.66. The maximum absolute atomic E-state index is 9.68. The lowest BCUT2D eigenvalue weighted by molar-refractivity contribution is 0.176. The van der Waals surface area contributed by atoms with Crippen LogP contribution in [-0.4, -0.2) is 15.8 Å². The third-order valence-corrected chi connectivity index (χ3v) is 3.71. The summed E-state index contributed by atoms with van der Waals surface area (Å²) in [5.74, 6) is 0. The fourth-order valence-electron chi connectivity index (χ4n) is 2.51. The third-order valence-electron chi connectivity index (χ3n) is 3.24. The van der Waals surface area contributed by atoms with Gasteiger partial charge in [-0.15, -0.1) is 0 Å². The highest BCUT2D eigenvalue weighted by atomic mass is 35.5. The van der Waals surface area contributed by atoms with Crippen LogP contribution in [0.3, 0.4) is 0 Å². The molecule has 0 aliphatic heterocycles. The zero-order valence-electron chi connectivity index (χ0n) is 10.4. The summed E-state index contributed by atoms with van der Waals surface area (Å²) in [4.78, 5) is 0. The molecule has 1 heterocycles. The average Bonchev–Trinajstić information content (AvgIpc) is 2.62. The van der Waals surface area contributed by atoms with Gasteiger partial charge in [-0.2, -0.15) is 0 Å². The molecule has 0 saturated carbocycles. The van der Waals surface area contributed by atoms with Crippen molar-refractivity contribution in [2.24, 2.45) is 0 Å². The molecule has 0 spiro atoms. The molecule has 3 aromatic rings. The molecule has 4 heteroatoms. The van der Waals surface area contributed by atoms with Crippen molar-refractivity contribution >= 4 is 45.0 Å². The lowest BCUT2D eigenvalue weighted by Crippen LogP contribution is -2.11. The van der Waals surface area contributed by atoms with Gasteiger partial charge in [0.05, 0.1) is 6.10 Å². The first-order valence-electron chi connectivity index (χ1n) is 6.11. The van der Waals surface area contributed by atoms with E-state index in [0.717, 1.165) is 21.8 Å². The van der Waals surface area contributed by atoms with Crippen LogP contribution in [-0.2, 0) is 6.54 Å². The largest absolute Gasteiger partial charge is 0.392 e. The molecule has 0 bridgehead atoms. The molecule has 1 N–H and O–H groups in total. The molecule has 1 atom stereocenters. The number of benzene rings is 2. The molecule has 0 aliphatic carbocycles. The molecule has 0 aliphatic rings. The lowest BCUT2D eigenvalue weighted by Gasteiger charge is -2.09. The van der Waals surface area contributed by atoms with E-state index in [2.05, 4.69) is 4.57 Å². The molecule has 2 aromatic carbocycles. The van der Waals surface area contributed by atoms with E-state index in [4.69, 9.17) is 23.2 Å². The fourth-order valence-corrected chi connectivity index (χ4v) is 2.85. The number of rotatable bonds is 2. The molecule has 0 saturated heterocycles. The maximum atomic E-state index is 9.68. The highest BCUT2D eigenvalue weighted by Crippen LogP contribution is 2.32. The van der Waals surface area contributed by atoms with Crippen LogP contribution in [0.15, 0.2) is 36.4 Å². The van der Waals surface area contributed by atoms with Crippen LogP contribution in [0.5, 0.6) is 0 Å². The number of hydrogen-bond donors (Lipinski definition) is 1. The normalized spacial score (nSPS) is 13.3. The van der Waals surface area contributed by atoms with E-state index < -0.39 is 6.10 Å². The van der Waals surface area contributed by atoms with Gasteiger partial charge in [-0.1, -0.05) is 23.2 Å². The average molecular weight is 294 g/mol. The Hall–Kier alpha value is -1.22. The minimum atomic E-state index is -0.412. The Morgan fingerprint density at radius 1 is 1.00 bits per heavy atom. The standard InChI is InChI=1S/C15H13Cl2NO/c1-9(19)8-18-14-4-2-10(16)6-12(14)13-7-11(17)3-5-15(13)18/h2-7,9,19H,8H2,1H3/t9-/m0/s1. The first-order valence-corrected chi connectivity index (χ1v) is 6.87. The molecule has 0 amide bonds. The summed E-state index contributed by atoms with van der Waals surface area (Å²) in [6.07, 6.45) is -0.412. The predicted molar refractivity (Wildman–Crippen MR) is 81.1 cm³/mol. The van der Waals surface area contributed by atoms with Gasteiger partial charge in [-0.05, 0) is 43.3 Å². The van der Waals surface area contributed by atoms with E-state index in [0.29, 0.717) is 16.6 Å². The van der Waals surface area contributed by atoms with E-state index >= 15 is 0 Å². The van der Waals surface area contributed by atoms with Gasteiger partial charge in [0, 0.05) is 38.4 Å². The van der Waals surface area contributed by atoms with Crippen molar-refractivity contribution < 1.29 is 5.11 Å². The van der Waals surface area contributed by atoms with E-state index in [-0.39, 0.29) is 0 Å². The number of nitrogens with zero attached hydrogens (tertiary/aromatic N) is 1. The summed E-state index contributed by atoms with van der Waals surface area (Å²) < 4.78 is 2.10. The van der Waals surface area contributed by atoms with E-state index in [9.17, 15) is 5.11 Å². The highest BCUT2D eigenvalue weighted by molar-refractivity contribution is 6.33. The highest BCUT2D eigenvalue weighted by Gasteiger charge is 2.12. The number of fused-ring (bicyclic) bond motifs is 3. The van der Waals surface area contributed by atoms with E-state index in [1.54, 1.807) is 6.92 Å². The van der Waals surface area contributed by atoms with Crippen molar-refractivity contribution in [2.45, 2.75) is 19.6 Å². The number of aliphatic hydroxyl groups is 1. The minimum Gasteiger partial charge on any atom is -0.392 e. The van der Waals surface area contributed by atoms with Crippen LogP contribution in [0.1, 0.15) is 6.92 Å². The van der Waals surface area contributed by atoms with Crippen LogP contribution in [0, 0.1) is 0 Å². The second-order valence-electron chi connectivity index (χ2n) is 4.78. The number of aromatic nitrogens is 1. The Morgan fingerprint density at radius 3 is 1.89 bits per heavy atom. The van der Waals surface area contributed by atoms with E-state index in [1.165, 1.54) is 0 Å². The topological polar surface area (TPSA) is 25.2 Å². The summed E-state index contributed by atoms with van der Waals surface area (Å²) in [5, 5.41) is 13.2. The first kappa shape index (κ1) is 12.8. The molecule has 1 aromatic heterocycles. The summed E-state index contributed by atoms with van der Waals surface area (Å²) in [5.41, 5.74) is 2.12. The zero-order valence-corrected chi connectivity index (χ0v) is 11.9. The van der Waals surface area contributed by atoms with Gasteiger partial charge >= 0.3 is 0 Å². The fraction of sp³-hybridized carbons (Fsp3) is 0.200. The van der Waals surface area contributed by atoms with Crippen LogP contribution < -0.4 is 0 Å². The van der Waals surface area contributed by atoms with Gasteiger partial charge in [-0.25, -0.2) is 0 Å². The maximum Gasteiger partial charge on any atom is 0.0691 e. The van der Waals surface area contributed by atoms with Crippen molar-refractivity contribution in [3.05, 3.63) is 46.4 Å². The van der Waals surface area contributed by atoms with Gasteiger partial charge in [0.2, 0.25) is 0 Å². The Labute approximate surface area is 121 Å². The smallest absolute Gasteiger partial charge is 0.0691 e. The molecule has 0 unspecified atom stereocenters. The van der Waals surface area contributed by atoms with Crippen molar-refractivity contribution in [2.75, 3.05) is 0 Å². The molecule has 98 valence electrons. The quantitative estimate of drug-likeness (QED) is 0.740. The third kappa shape index (κ3) is 2.20. The molecular weight excluding hydrogens is 281 g/mol. The van der Waals surface area contributed by atoms with Crippen LogP contribution in [0.2, 0.25) is 10.0 Å². The van der Waals surface area contributed by atoms with Crippen LogP contribution >= 0.6 is 23.2 Å². The molecule has 3 rings (SSSR count). The molecule has 2 nitrogen and oxygen atoms in total. The van der Waals surface area contributed by atoms with E-state index in [1.807, 2.05) is 36.4 Å². The SMILES string of the molecule is C[C@H](O)Cn1c2ccc(Cl)cc2c2cc(Cl)ccc21. The Morgan fingerprint density at radius 2 is 1.47 bits per heavy atom. The molecule has 19 heavy (non-hydrogen) atoms. The van der Waals surface area contributed by atoms with Crippen molar-refractivity contribution in [1.29, 1.82) is 0 Å². The second kappa shape index (κ2) is 4.71. The zero-order chi connectivity index (χ0) is 13.6. The van der Waals surface area contributed by atoms with Gasteiger partial charge in [-0.3, -0.25) is 0 Å². The van der Waals surface area contributed by atoms with Crippen molar-refractivity contribution in [3.63, 3.8) is 0 Å². The summed E-state index contributed by atoms with van der Waals surface area (Å²) in [6, 6.07) is 11.6. The van der Waals surface area contributed by atoms with Crippen LogP contribution in [0.4, 0.5) is 0 Å². The number of halogens is 2. The van der Waals surface area contributed by atoms with Crippen LogP contribution in [0.25, 0.3) is 21.8 Å². The number of hydrogen-bond acceptors (Lipinski definition) is 1. The minimum absolute atomic E-state index is 0.412. The van der Waals surface area contributed by atoms with Gasteiger partial charge in [0.25, 0.3) is 0 Å². The molecule has 0 radical (unpaired) electrons. The summed E-state index contributed by atoms with van der Waals surface area (Å²) in [6.45, 7) is 2.33. The predicted octanol–water partition coefficient (Wildman–Crippen LogP) is 4.48. The first-order chi connectivity index (χ1) is 9.06. The summed E-state index contributed by atoms with van der Waals surface area (Å²) >= 11 is 12.2. The summed E-state index contributed by atoms with van der Waals surface area (Å²) in [7, 11) is 0. The van der Waals surface area contributed by atoms with Crippen molar-refractivity contribution in [1.82, 2.24) is 4.57 Å². The Bertz CT molecular complexity index is 702. The van der Waals surface area contributed by atoms with Gasteiger partial charge < -0.3 is 9.67 Å². The lowest BCUT2D eigenvalue weighted by atomic mass is 10.1. The van der Waals surface area contributed by atoms with Gasteiger partial charge in [0.15, 0.2) is 0 Å². The Balaban J connectivity index is 2.43.